The molecule has 0 spiro atoms. The molecule has 4 bridgehead atoms. The highest BCUT2D eigenvalue weighted by molar-refractivity contribution is 5.94. The van der Waals surface area contributed by atoms with Crippen molar-refractivity contribution in [3.63, 3.8) is 0 Å². The lowest BCUT2D eigenvalue weighted by Crippen LogP contribution is -2.28. The largest absolute Gasteiger partial charge is 0.462 e. The average molecular weight is 152 g/mol. The fraction of sp³-hybridized carbons (Fsp3) is 0.750. The van der Waals surface area contributed by atoms with Gasteiger partial charge in [-0.1, -0.05) is 0 Å². The third kappa shape index (κ3) is 0.481. The van der Waals surface area contributed by atoms with Crippen LogP contribution in [0, 0.1) is 17.8 Å². The maximum Gasteiger partial charge on any atom is 0.310 e. The number of ketones is 1. The summed E-state index contributed by atoms with van der Waals surface area (Å²) >= 11 is 0. The molecule has 0 unspecified atom stereocenters. The molecule has 2 saturated carbocycles. The lowest BCUT2D eigenvalue weighted by molar-refractivity contribution is -0.153. The van der Waals surface area contributed by atoms with Crippen LogP contribution in [0.2, 0.25) is 0 Å². The number of ether oxygens (including phenoxy) is 1. The van der Waals surface area contributed by atoms with Crippen molar-refractivity contribution in [2.24, 2.45) is 17.8 Å². The molecular weight excluding hydrogens is 144 g/mol. The van der Waals surface area contributed by atoms with Crippen LogP contribution in [0.3, 0.4) is 0 Å². The molecule has 0 aromatic rings. The van der Waals surface area contributed by atoms with Gasteiger partial charge in [-0.25, -0.2) is 0 Å². The lowest BCUT2D eigenvalue weighted by Gasteiger charge is -2.19. The molecule has 0 radical (unpaired) electrons. The average Bonchev–Trinajstić information content (AvgIpc) is 2.51. The van der Waals surface area contributed by atoms with Crippen molar-refractivity contribution >= 4 is 11.8 Å². The standard InChI is InChI=1S/C8H8O3/c9-5-1-4-6-2-3(5)7(4)8(10)11-6/h3-4,6-7H,1-2H2/t3-,4-,6+,7-/m1/s1. The highest BCUT2D eigenvalue weighted by atomic mass is 16.6. The molecule has 1 heterocycles. The molecule has 3 heteroatoms. The van der Waals surface area contributed by atoms with E-state index < -0.39 is 0 Å². The van der Waals surface area contributed by atoms with E-state index in [0.717, 1.165) is 6.42 Å². The summed E-state index contributed by atoms with van der Waals surface area (Å²) in [7, 11) is 0. The third-order valence-corrected chi connectivity index (χ3v) is 3.25. The van der Waals surface area contributed by atoms with E-state index in [1.165, 1.54) is 0 Å². The molecule has 1 aliphatic heterocycles. The number of rotatable bonds is 0. The second-order valence-electron chi connectivity index (χ2n) is 3.68. The molecule has 0 aromatic heterocycles. The Morgan fingerprint density at radius 2 is 2.18 bits per heavy atom. The highest BCUT2D eigenvalue weighted by Crippen LogP contribution is 2.53. The van der Waals surface area contributed by atoms with E-state index in [4.69, 9.17) is 4.74 Å². The first-order chi connectivity index (χ1) is 5.27. The van der Waals surface area contributed by atoms with Gasteiger partial charge in [-0.15, -0.1) is 0 Å². The summed E-state index contributed by atoms with van der Waals surface area (Å²) in [6.45, 7) is 0. The molecule has 1 saturated heterocycles. The first kappa shape index (κ1) is 5.75. The molecule has 58 valence electrons. The Morgan fingerprint density at radius 3 is 2.82 bits per heavy atom. The van der Waals surface area contributed by atoms with E-state index in [1.54, 1.807) is 0 Å². The molecule has 0 N–H and O–H groups in total. The van der Waals surface area contributed by atoms with Crippen molar-refractivity contribution in [3.05, 3.63) is 0 Å². The van der Waals surface area contributed by atoms with Gasteiger partial charge in [0.05, 0.1) is 5.92 Å². The van der Waals surface area contributed by atoms with Crippen molar-refractivity contribution in [3.8, 4) is 0 Å². The van der Waals surface area contributed by atoms with Crippen LogP contribution in [-0.2, 0) is 14.3 Å². The van der Waals surface area contributed by atoms with Gasteiger partial charge >= 0.3 is 5.97 Å². The van der Waals surface area contributed by atoms with E-state index in [9.17, 15) is 9.59 Å². The number of hydrogen-bond acceptors (Lipinski definition) is 3. The van der Waals surface area contributed by atoms with E-state index in [0.29, 0.717) is 6.42 Å². The number of Topliss-reactive ketones (excluding diaryl/α,β-unsaturated/α-hetero) is 1. The third-order valence-electron chi connectivity index (χ3n) is 3.25. The maximum absolute atomic E-state index is 11.2. The van der Waals surface area contributed by atoms with Crippen LogP contribution in [0.5, 0.6) is 0 Å². The fourth-order valence-electron chi connectivity index (χ4n) is 2.78. The van der Waals surface area contributed by atoms with Crippen LogP contribution in [-0.4, -0.2) is 17.9 Å². The predicted molar refractivity (Wildman–Crippen MR) is 34.6 cm³/mol. The normalized spacial score (nSPS) is 52.0. The Hall–Kier alpha value is -0.860. The van der Waals surface area contributed by atoms with Crippen LogP contribution in [0.25, 0.3) is 0 Å². The van der Waals surface area contributed by atoms with Crippen molar-refractivity contribution in [2.75, 3.05) is 0 Å². The zero-order valence-electron chi connectivity index (χ0n) is 5.95. The van der Waals surface area contributed by atoms with Crippen molar-refractivity contribution in [2.45, 2.75) is 18.9 Å². The van der Waals surface area contributed by atoms with Crippen molar-refractivity contribution in [1.82, 2.24) is 0 Å². The highest BCUT2D eigenvalue weighted by Gasteiger charge is 2.62. The molecule has 0 aromatic carbocycles. The number of carbonyl (C=O) groups excluding carboxylic acids is 2. The summed E-state index contributed by atoms with van der Waals surface area (Å²) in [4.78, 5) is 22.2. The van der Waals surface area contributed by atoms with Gasteiger partial charge in [0.2, 0.25) is 0 Å². The van der Waals surface area contributed by atoms with E-state index in [-0.39, 0.29) is 35.6 Å². The maximum atomic E-state index is 11.2. The van der Waals surface area contributed by atoms with Gasteiger partial charge in [-0.2, -0.15) is 0 Å². The molecule has 0 amide bonds. The van der Waals surface area contributed by atoms with Crippen LogP contribution >= 0.6 is 0 Å². The summed E-state index contributed by atoms with van der Waals surface area (Å²) in [5, 5.41) is 0. The zero-order valence-corrected chi connectivity index (χ0v) is 5.95. The Kier molecular flexibility index (Phi) is 0.780. The summed E-state index contributed by atoms with van der Waals surface area (Å²) in [6, 6.07) is 0. The molecule has 11 heavy (non-hydrogen) atoms. The summed E-state index contributed by atoms with van der Waals surface area (Å²) < 4.78 is 5.05. The zero-order chi connectivity index (χ0) is 7.59. The van der Waals surface area contributed by atoms with Crippen LogP contribution in [0.4, 0.5) is 0 Å². The number of carbonyl (C=O) groups is 2. The molecular formula is C8H8O3. The molecule has 3 fully saturated rings. The fourth-order valence-corrected chi connectivity index (χ4v) is 2.78. The minimum Gasteiger partial charge on any atom is -0.462 e. The molecule has 2 aliphatic carbocycles. The minimum absolute atomic E-state index is 0.0336. The Morgan fingerprint density at radius 1 is 1.36 bits per heavy atom. The summed E-state index contributed by atoms with van der Waals surface area (Å²) in [5.41, 5.74) is 0. The Balaban J connectivity index is 2.08. The van der Waals surface area contributed by atoms with Gasteiger partial charge in [0.15, 0.2) is 0 Å². The van der Waals surface area contributed by atoms with E-state index >= 15 is 0 Å². The predicted octanol–water partition coefficient (Wildman–Crippen LogP) is 0.137. The molecule has 3 nitrogen and oxygen atoms in total. The van der Waals surface area contributed by atoms with Gasteiger partial charge in [0.1, 0.15) is 11.9 Å². The summed E-state index contributed by atoms with van der Waals surface area (Å²) in [5.74, 6) is 0.397. The molecule has 4 atom stereocenters. The van der Waals surface area contributed by atoms with Gasteiger partial charge < -0.3 is 4.74 Å². The van der Waals surface area contributed by atoms with Crippen molar-refractivity contribution < 1.29 is 14.3 Å². The Labute approximate surface area is 63.7 Å². The lowest BCUT2D eigenvalue weighted by atomic mass is 9.96. The van der Waals surface area contributed by atoms with Crippen LogP contribution in [0.1, 0.15) is 12.8 Å². The first-order valence-electron chi connectivity index (χ1n) is 4.00. The van der Waals surface area contributed by atoms with E-state index in [1.807, 2.05) is 0 Å². The second kappa shape index (κ2) is 1.49. The summed E-state index contributed by atoms with van der Waals surface area (Å²) in [6.07, 6.45) is 1.49. The monoisotopic (exact) mass is 152 g/mol. The topological polar surface area (TPSA) is 43.4 Å². The molecule has 3 rings (SSSR count). The van der Waals surface area contributed by atoms with Gasteiger partial charge in [0, 0.05) is 18.3 Å². The minimum atomic E-state index is -0.123. The van der Waals surface area contributed by atoms with Crippen LogP contribution < -0.4 is 0 Å². The van der Waals surface area contributed by atoms with Gasteiger partial charge in [-0.3, -0.25) is 9.59 Å². The Bertz CT molecular complexity index is 258. The van der Waals surface area contributed by atoms with Gasteiger partial charge in [-0.05, 0) is 6.42 Å². The quantitative estimate of drug-likeness (QED) is 0.463. The molecule has 3 aliphatic rings. The SMILES string of the molecule is O=C1O[C@H]2C[C@@H]3C(=O)C[C@H]2[C@H]13. The van der Waals surface area contributed by atoms with Gasteiger partial charge in [0.25, 0.3) is 0 Å². The van der Waals surface area contributed by atoms with Crippen LogP contribution in [0.15, 0.2) is 0 Å². The van der Waals surface area contributed by atoms with Crippen molar-refractivity contribution in [1.29, 1.82) is 0 Å². The number of esters is 1. The smallest absolute Gasteiger partial charge is 0.310 e. The number of hydrogen-bond donors (Lipinski definition) is 0. The second-order valence-corrected chi connectivity index (χ2v) is 3.68. The first-order valence-corrected chi connectivity index (χ1v) is 4.00. The van der Waals surface area contributed by atoms with E-state index in [2.05, 4.69) is 0 Å².